The second-order valence-corrected chi connectivity index (χ2v) is 6.46. The van der Waals surface area contributed by atoms with Crippen LogP contribution in [-0.2, 0) is 11.3 Å². The zero-order valence-corrected chi connectivity index (χ0v) is 14.3. The Kier molecular flexibility index (Phi) is 4.90. The molecule has 0 radical (unpaired) electrons. The summed E-state index contributed by atoms with van der Waals surface area (Å²) in [5.41, 5.74) is 1.35. The van der Waals surface area contributed by atoms with Crippen molar-refractivity contribution >= 4 is 22.9 Å². The fourth-order valence-electron chi connectivity index (χ4n) is 2.36. The maximum atomic E-state index is 12.2. The smallest absolute Gasteiger partial charge is 0.325 e. The van der Waals surface area contributed by atoms with E-state index in [0.29, 0.717) is 5.69 Å². The van der Waals surface area contributed by atoms with Crippen LogP contribution in [-0.4, -0.2) is 20.4 Å². The molecule has 0 spiro atoms. The molecule has 0 saturated heterocycles. The first-order valence-electron chi connectivity index (χ1n) is 7.64. The van der Waals surface area contributed by atoms with Gasteiger partial charge in [-0.25, -0.2) is 9.78 Å². The van der Waals surface area contributed by atoms with E-state index in [4.69, 9.17) is 0 Å². The summed E-state index contributed by atoms with van der Waals surface area (Å²) in [7, 11) is 0. The Balaban J connectivity index is 1.71. The van der Waals surface area contributed by atoms with Gasteiger partial charge < -0.3 is 9.88 Å². The Morgan fingerprint density at radius 3 is 2.80 bits per heavy atom. The van der Waals surface area contributed by atoms with Crippen molar-refractivity contribution in [2.45, 2.75) is 19.9 Å². The number of carbonyl (C=O) groups is 1. The van der Waals surface area contributed by atoms with Gasteiger partial charge in [0, 0.05) is 36.2 Å². The normalized spacial score (nSPS) is 10.6. The Morgan fingerprint density at radius 1 is 1.28 bits per heavy atom. The standard InChI is InChI=1S/C17H16N4O3S/c1-11-18-14(10-25-11)12-4-2-3-5-13(12)19-15(22)6-8-21-9-7-16(23)20-17(21)24/h2-5,7,9-10H,6,8H2,1H3,(H,19,22)(H,20,23,24). The highest BCUT2D eigenvalue weighted by Crippen LogP contribution is 2.28. The fourth-order valence-corrected chi connectivity index (χ4v) is 2.97. The highest BCUT2D eigenvalue weighted by Gasteiger charge is 2.11. The van der Waals surface area contributed by atoms with Crippen LogP contribution < -0.4 is 16.6 Å². The molecule has 7 nitrogen and oxygen atoms in total. The number of aryl methyl sites for hydroxylation is 2. The van der Waals surface area contributed by atoms with E-state index in [1.54, 1.807) is 11.3 Å². The molecule has 0 aliphatic carbocycles. The number of anilines is 1. The van der Waals surface area contributed by atoms with Gasteiger partial charge in [0.2, 0.25) is 5.91 Å². The molecule has 0 saturated carbocycles. The van der Waals surface area contributed by atoms with Gasteiger partial charge in [-0.3, -0.25) is 14.6 Å². The number of carbonyl (C=O) groups excluding carboxylic acids is 1. The van der Waals surface area contributed by atoms with Crippen LogP contribution in [0.3, 0.4) is 0 Å². The summed E-state index contributed by atoms with van der Waals surface area (Å²) in [4.78, 5) is 41.5. The summed E-state index contributed by atoms with van der Waals surface area (Å²) in [5, 5.41) is 5.75. The molecule has 1 aromatic carbocycles. The van der Waals surface area contributed by atoms with Crippen LogP contribution >= 0.6 is 11.3 Å². The molecule has 0 fully saturated rings. The van der Waals surface area contributed by atoms with Crippen molar-refractivity contribution < 1.29 is 4.79 Å². The van der Waals surface area contributed by atoms with E-state index in [9.17, 15) is 14.4 Å². The highest BCUT2D eigenvalue weighted by molar-refractivity contribution is 7.09. The summed E-state index contributed by atoms with van der Waals surface area (Å²) < 4.78 is 1.29. The molecule has 1 amide bonds. The van der Waals surface area contributed by atoms with E-state index in [1.807, 2.05) is 36.6 Å². The van der Waals surface area contributed by atoms with Crippen LogP contribution in [0.4, 0.5) is 5.69 Å². The number of nitrogens with zero attached hydrogens (tertiary/aromatic N) is 2. The molecule has 8 heteroatoms. The van der Waals surface area contributed by atoms with Gasteiger partial charge in [-0.05, 0) is 13.0 Å². The average molecular weight is 356 g/mol. The average Bonchev–Trinajstić information content (AvgIpc) is 3.01. The third-order valence-corrected chi connectivity index (χ3v) is 4.35. The number of hydrogen-bond acceptors (Lipinski definition) is 5. The maximum Gasteiger partial charge on any atom is 0.328 e. The third-order valence-electron chi connectivity index (χ3n) is 3.57. The minimum Gasteiger partial charge on any atom is -0.325 e. The van der Waals surface area contributed by atoms with Crippen molar-refractivity contribution in [3.8, 4) is 11.3 Å². The maximum absolute atomic E-state index is 12.2. The van der Waals surface area contributed by atoms with Gasteiger partial charge in [0.1, 0.15) is 0 Å². The van der Waals surface area contributed by atoms with E-state index in [-0.39, 0.29) is 18.9 Å². The van der Waals surface area contributed by atoms with Gasteiger partial charge in [-0.15, -0.1) is 11.3 Å². The van der Waals surface area contributed by atoms with Crippen LogP contribution in [0.15, 0.2) is 51.5 Å². The van der Waals surface area contributed by atoms with E-state index < -0.39 is 11.2 Å². The van der Waals surface area contributed by atoms with E-state index in [0.717, 1.165) is 16.3 Å². The van der Waals surface area contributed by atoms with Crippen LogP contribution in [0.25, 0.3) is 11.3 Å². The molecular weight excluding hydrogens is 340 g/mol. The van der Waals surface area contributed by atoms with Crippen molar-refractivity contribution in [1.82, 2.24) is 14.5 Å². The number of hydrogen-bond donors (Lipinski definition) is 2. The monoisotopic (exact) mass is 356 g/mol. The topological polar surface area (TPSA) is 96.8 Å². The number of aromatic amines is 1. The SMILES string of the molecule is Cc1nc(-c2ccccc2NC(=O)CCn2ccc(=O)[nH]c2=O)cs1. The minimum atomic E-state index is -0.529. The number of nitrogens with one attached hydrogen (secondary N) is 2. The van der Waals surface area contributed by atoms with Crippen LogP contribution in [0, 0.1) is 6.92 Å². The van der Waals surface area contributed by atoms with Crippen LogP contribution in [0.2, 0.25) is 0 Å². The Labute approximate surface area is 147 Å². The quantitative estimate of drug-likeness (QED) is 0.731. The highest BCUT2D eigenvalue weighted by atomic mass is 32.1. The Hall–Kier alpha value is -3.00. The van der Waals surface area contributed by atoms with Crippen LogP contribution in [0.1, 0.15) is 11.4 Å². The minimum absolute atomic E-state index is 0.108. The molecule has 25 heavy (non-hydrogen) atoms. The zero-order chi connectivity index (χ0) is 17.8. The van der Waals surface area contributed by atoms with Gasteiger partial charge in [0.25, 0.3) is 5.56 Å². The second-order valence-electron chi connectivity index (χ2n) is 5.40. The Bertz CT molecular complexity index is 1020. The molecule has 128 valence electrons. The largest absolute Gasteiger partial charge is 0.328 e. The van der Waals surface area contributed by atoms with E-state index >= 15 is 0 Å². The molecule has 0 bridgehead atoms. The summed E-state index contributed by atoms with van der Waals surface area (Å²) in [5.74, 6) is -0.225. The van der Waals surface area contributed by atoms with Crippen molar-refractivity contribution in [2.24, 2.45) is 0 Å². The lowest BCUT2D eigenvalue weighted by Crippen LogP contribution is -2.29. The van der Waals surface area contributed by atoms with Crippen molar-refractivity contribution in [3.63, 3.8) is 0 Å². The predicted octanol–water partition coefficient (Wildman–Crippen LogP) is 2.00. The lowest BCUT2D eigenvalue weighted by Gasteiger charge is -2.10. The number of aromatic nitrogens is 3. The number of para-hydroxylation sites is 1. The second kappa shape index (κ2) is 7.27. The molecule has 3 rings (SSSR count). The lowest BCUT2D eigenvalue weighted by atomic mass is 10.1. The fraction of sp³-hybridized carbons (Fsp3) is 0.176. The van der Waals surface area contributed by atoms with Crippen molar-refractivity contribution in [1.29, 1.82) is 0 Å². The van der Waals surface area contributed by atoms with Gasteiger partial charge in [0.15, 0.2) is 0 Å². The number of benzene rings is 1. The number of rotatable bonds is 5. The predicted molar refractivity (Wildman–Crippen MR) is 96.9 cm³/mol. The molecule has 0 unspecified atom stereocenters. The number of amides is 1. The third kappa shape index (κ3) is 4.10. The van der Waals surface area contributed by atoms with Gasteiger partial charge >= 0.3 is 5.69 Å². The molecule has 2 heterocycles. The van der Waals surface area contributed by atoms with Gasteiger partial charge in [-0.2, -0.15) is 0 Å². The van der Waals surface area contributed by atoms with E-state index in [1.165, 1.54) is 16.8 Å². The van der Waals surface area contributed by atoms with Crippen molar-refractivity contribution in [3.05, 3.63) is 67.8 Å². The summed E-state index contributed by atoms with van der Waals surface area (Å²) in [6.07, 6.45) is 1.48. The van der Waals surface area contributed by atoms with Crippen LogP contribution in [0.5, 0.6) is 0 Å². The molecule has 2 N–H and O–H groups in total. The van der Waals surface area contributed by atoms with E-state index in [2.05, 4.69) is 15.3 Å². The molecule has 0 aliphatic rings. The number of H-pyrrole nitrogens is 1. The first-order chi connectivity index (χ1) is 12.0. The molecular formula is C17H16N4O3S. The molecule has 0 atom stereocenters. The first kappa shape index (κ1) is 16.8. The van der Waals surface area contributed by atoms with Gasteiger partial charge in [0.05, 0.1) is 16.4 Å². The molecule has 3 aromatic rings. The van der Waals surface area contributed by atoms with Crippen molar-refractivity contribution in [2.75, 3.05) is 5.32 Å². The lowest BCUT2D eigenvalue weighted by molar-refractivity contribution is -0.116. The summed E-state index contributed by atoms with van der Waals surface area (Å²) in [6.45, 7) is 2.11. The first-order valence-corrected chi connectivity index (χ1v) is 8.52. The zero-order valence-electron chi connectivity index (χ0n) is 13.5. The summed E-state index contributed by atoms with van der Waals surface area (Å²) >= 11 is 1.55. The molecule has 0 aliphatic heterocycles. The number of thiazole rings is 1. The van der Waals surface area contributed by atoms with Gasteiger partial charge in [-0.1, -0.05) is 18.2 Å². The molecule has 2 aromatic heterocycles. The Morgan fingerprint density at radius 2 is 2.08 bits per heavy atom. The summed E-state index contributed by atoms with van der Waals surface area (Å²) in [6, 6.07) is 8.69.